The number of hydrogen-bond acceptors (Lipinski definition) is 3. The van der Waals surface area contributed by atoms with E-state index in [1.54, 1.807) is 19.1 Å². The third-order valence-corrected chi connectivity index (χ3v) is 4.25. The monoisotopic (exact) mass is 355 g/mol. The van der Waals surface area contributed by atoms with E-state index >= 15 is 0 Å². The van der Waals surface area contributed by atoms with Gasteiger partial charge in [0.05, 0.1) is 0 Å². The number of carbonyl (C=O) groups excluding carboxylic acids is 1. The molecule has 0 radical (unpaired) electrons. The SMILES string of the molecule is CC(Oc1ccc(Br)cc1)C(=O)NC1(C(=O)O)CCCC1. The summed E-state index contributed by atoms with van der Waals surface area (Å²) in [7, 11) is 0. The van der Waals surface area contributed by atoms with Crippen molar-refractivity contribution in [3.63, 3.8) is 0 Å². The van der Waals surface area contributed by atoms with Crippen molar-refractivity contribution in [2.75, 3.05) is 0 Å². The van der Waals surface area contributed by atoms with Gasteiger partial charge in [-0.3, -0.25) is 4.79 Å². The number of ether oxygens (including phenoxy) is 1. The summed E-state index contributed by atoms with van der Waals surface area (Å²) in [5.41, 5.74) is -1.13. The lowest BCUT2D eigenvalue weighted by atomic mass is 9.97. The van der Waals surface area contributed by atoms with Gasteiger partial charge in [-0.1, -0.05) is 28.8 Å². The first-order valence-corrected chi connectivity index (χ1v) is 7.70. The van der Waals surface area contributed by atoms with Crippen LogP contribution >= 0.6 is 15.9 Å². The van der Waals surface area contributed by atoms with Crippen LogP contribution in [0.4, 0.5) is 0 Å². The van der Waals surface area contributed by atoms with E-state index in [9.17, 15) is 14.7 Å². The third kappa shape index (κ3) is 3.75. The van der Waals surface area contributed by atoms with Gasteiger partial charge in [0, 0.05) is 4.47 Å². The molecule has 0 aliphatic heterocycles. The lowest BCUT2D eigenvalue weighted by Gasteiger charge is -2.27. The van der Waals surface area contributed by atoms with E-state index in [-0.39, 0.29) is 0 Å². The number of rotatable bonds is 5. The van der Waals surface area contributed by atoms with Gasteiger partial charge in [-0.05, 0) is 44.0 Å². The van der Waals surface area contributed by atoms with E-state index in [1.807, 2.05) is 12.1 Å². The first-order valence-electron chi connectivity index (χ1n) is 6.91. The molecule has 0 bridgehead atoms. The predicted octanol–water partition coefficient (Wildman–Crippen LogP) is 2.73. The van der Waals surface area contributed by atoms with Crippen LogP contribution in [-0.4, -0.2) is 28.6 Å². The van der Waals surface area contributed by atoms with Crippen LogP contribution in [0.15, 0.2) is 28.7 Å². The van der Waals surface area contributed by atoms with Crippen LogP contribution in [-0.2, 0) is 9.59 Å². The fourth-order valence-electron chi connectivity index (χ4n) is 2.48. The van der Waals surface area contributed by atoms with E-state index in [1.165, 1.54) is 0 Å². The summed E-state index contributed by atoms with van der Waals surface area (Å²) in [4.78, 5) is 23.6. The van der Waals surface area contributed by atoms with Crippen molar-refractivity contribution in [2.24, 2.45) is 0 Å². The largest absolute Gasteiger partial charge is 0.481 e. The molecule has 0 saturated heterocycles. The molecule has 1 aromatic rings. The Morgan fingerprint density at radius 1 is 1.29 bits per heavy atom. The molecule has 1 saturated carbocycles. The summed E-state index contributed by atoms with van der Waals surface area (Å²) in [6.07, 6.45) is 1.82. The Balaban J connectivity index is 1.99. The van der Waals surface area contributed by atoms with E-state index in [0.717, 1.165) is 17.3 Å². The molecule has 6 heteroatoms. The fraction of sp³-hybridized carbons (Fsp3) is 0.467. The Labute approximate surface area is 131 Å². The van der Waals surface area contributed by atoms with Gasteiger partial charge in [0.15, 0.2) is 6.10 Å². The first kappa shape index (κ1) is 15.8. The Hall–Kier alpha value is -1.56. The lowest BCUT2D eigenvalue weighted by Crippen LogP contribution is -2.55. The number of carboxylic acids is 1. The van der Waals surface area contributed by atoms with Gasteiger partial charge < -0.3 is 15.2 Å². The molecule has 2 rings (SSSR count). The summed E-state index contributed by atoms with van der Waals surface area (Å²) < 4.78 is 6.46. The molecule has 2 N–H and O–H groups in total. The molecule has 1 fully saturated rings. The molecule has 1 aliphatic rings. The van der Waals surface area contributed by atoms with Crippen LogP contribution in [0.5, 0.6) is 5.75 Å². The molecule has 1 atom stereocenters. The molecular weight excluding hydrogens is 338 g/mol. The summed E-state index contributed by atoms with van der Waals surface area (Å²) >= 11 is 3.32. The van der Waals surface area contributed by atoms with Gasteiger partial charge in [0.25, 0.3) is 5.91 Å². The van der Waals surface area contributed by atoms with Crippen molar-refractivity contribution in [1.82, 2.24) is 5.32 Å². The zero-order valence-electron chi connectivity index (χ0n) is 11.8. The van der Waals surface area contributed by atoms with Crippen molar-refractivity contribution < 1.29 is 19.4 Å². The van der Waals surface area contributed by atoms with Gasteiger partial charge in [0.1, 0.15) is 11.3 Å². The molecular formula is C15H18BrNO4. The highest BCUT2D eigenvalue weighted by Crippen LogP contribution is 2.30. The molecule has 1 unspecified atom stereocenters. The first-order chi connectivity index (χ1) is 9.93. The number of nitrogens with one attached hydrogen (secondary N) is 1. The Kier molecular flexibility index (Phi) is 4.88. The zero-order valence-corrected chi connectivity index (χ0v) is 13.4. The number of carbonyl (C=O) groups is 2. The maximum Gasteiger partial charge on any atom is 0.329 e. The molecule has 0 spiro atoms. The second kappa shape index (κ2) is 6.47. The van der Waals surface area contributed by atoms with Crippen molar-refractivity contribution in [3.8, 4) is 5.75 Å². The second-order valence-corrected chi connectivity index (χ2v) is 6.21. The van der Waals surface area contributed by atoms with E-state index in [4.69, 9.17) is 4.74 Å². The maximum atomic E-state index is 12.2. The van der Waals surface area contributed by atoms with Crippen molar-refractivity contribution in [1.29, 1.82) is 0 Å². The summed E-state index contributed by atoms with van der Waals surface area (Å²) in [6, 6.07) is 7.12. The van der Waals surface area contributed by atoms with Gasteiger partial charge in [-0.2, -0.15) is 0 Å². The number of amides is 1. The van der Waals surface area contributed by atoms with Gasteiger partial charge in [-0.25, -0.2) is 4.79 Å². The molecule has 114 valence electrons. The summed E-state index contributed by atoms with van der Waals surface area (Å²) in [6.45, 7) is 1.61. The highest BCUT2D eigenvalue weighted by atomic mass is 79.9. The van der Waals surface area contributed by atoms with Crippen LogP contribution in [0, 0.1) is 0 Å². The van der Waals surface area contributed by atoms with E-state index in [0.29, 0.717) is 18.6 Å². The molecule has 0 heterocycles. The molecule has 1 aromatic carbocycles. The summed E-state index contributed by atoms with van der Waals surface area (Å²) in [5, 5.41) is 12.0. The molecule has 1 amide bonds. The average Bonchev–Trinajstić information content (AvgIpc) is 2.91. The topological polar surface area (TPSA) is 75.6 Å². The number of halogens is 1. The number of aliphatic carboxylic acids is 1. The Morgan fingerprint density at radius 3 is 2.38 bits per heavy atom. The fourth-order valence-corrected chi connectivity index (χ4v) is 2.74. The van der Waals surface area contributed by atoms with Crippen LogP contribution in [0.25, 0.3) is 0 Å². The third-order valence-electron chi connectivity index (χ3n) is 3.72. The van der Waals surface area contributed by atoms with Crippen LogP contribution in [0.2, 0.25) is 0 Å². The average molecular weight is 356 g/mol. The van der Waals surface area contributed by atoms with Crippen molar-refractivity contribution in [3.05, 3.63) is 28.7 Å². The Bertz CT molecular complexity index is 523. The smallest absolute Gasteiger partial charge is 0.329 e. The predicted molar refractivity (Wildman–Crippen MR) is 81.2 cm³/mol. The second-order valence-electron chi connectivity index (χ2n) is 5.30. The molecule has 21 heavy (non-hydrogen) atoms. The maximum absolute atomic E-state index is 12.2. The van der Waals surface area contributed by atoms with Gasteiger partial charge in [-0.15, -0.1) is 0 Å². The highest BCUT2D eigenvalue weighted by molar-refractivity contribution is 9.10. The number of hydrogen-bond donors (Lipinski definition) is 2. The number of benzene rings is 1. The minimum atomic E-state index is -1.13. The van der Waals surface area contributed by atoms with Crippen LogP contribution in [0.1, 0.15) is 32.6 Å². The summed E-state index contributed by atoms with van der Waals surface area (Å²) in [5.74, 6) is -0.803. The van der Waals surface area contributed by atoms with Gasteiger partial charge in [0.2, 0.25) is 0 Å². The molecule has 0 aromatic heterocycles. The lowest BCUT2D eigenvalue weighted by molar-refractivity contribution is -0.148. The normalized spacial score (nSPS) is 18.0. The quantitative estimate of drug-likeness (QED) is 0.851. The zero-order chi connectivity index (χ0) is 15.5. The van der Waals surface area contributed by atoms with Crippen LogP contribution < -0.4 is 10.1 Å². The standard InChI is InChI=1S/C15H18BrNO4/c1-10(21-12-6-4-11(16)5-7-12)13(18)17-15(14(19)20)8-2-3-9-15/h4-7,10H,2-3,8-9H2,1H3,(H,17,18)(H,19,20). The van der Waals surface area contributed by atoms with Gasteiger partial charge >= 0.3 is 5.97 Å². The minimum absolute atomic E-state index is 0.401. The molecule has 1 aliphatic carbocycles. The highest BCUT2D eigenvalue weighted by Gasteiger charge is 2.43. The number of carboxylic acid groups (broad SMARTS) is 1. The van der Waals surface area contributed by atoms with E-state index < -0.39 is 23.5 Å². The minimum Gasteiger partial charge on any atom is -0.481 e. The van der Waals surface area contributed by atoms with Crippen LogP contribution in [0.3, 0.4) is 0 Å². The van der Waals surface area contributed by atoms with Crippen molar-refractivity contribution in [2.45, 2.75) is 44.2 Å². The Morgan fingerprint density at radius 2 is 1.86 bits per heavy atom. The van der Waals surface area contributed by atoms with E-state index in [2.05, 4.69) is 21.2 Å². The van der Waals surface area contributed by atoms with Crippen molar-refractivity contribution >= 4 is 27.8 Å². The molecule has 5 nitrogen and oxygen atoms in total.